The molecule has 0 radical (unpaired) electrons. The third kappa shape index (κ3) is 1.70. The van der Waals surface area contributed by atoms with Crippen LogP contribution in [0, 0.1) is 11.6 Å². The molecule has 0 fully saturated rings. The van der Waals surface area contributed by atoms with Crippen LogP contribution in [0.3, 0.4) is 0 Å². The van der Waals surface area contributed by atoms with Crippen LogP contribution >= 0.6 is 15.9 Å². The highest BCUT2D eigenvalue weighted by Crippen LogP contribution is 2.28. The van der Waals surface area contributed by atoms with Crippen molar-refractivity contribution in [3.8, 4) is 0 Å². The van der Waals surface area contributed by atoms with Crippen molar-refractivity contribution in [2.24, 2.45) is 0 Å². The van der Waals surface area contributed by atoms with Gasteiger partial charge >= 0.3 is 0 Å². The molecule has 0 bridgehead atoms. The Balaban J connectivity index is 3.50. The van der Waals surface area contributed by atoms with Gasteiger partial charge in [0.1, 0.15) is 11.6 Å². The number of Topliss-reactive ketones (excluding diaryl/α,β-unsaturated/α-hetero) is 1. The van der Waals surface area contributed by atoms with Crippen molar-refractivity contribution in [3.63, 3.8) is 0 Å². The van der Waals surface area contributed by atoms with Gasteiger partial charge in [-0.3, -0.25) is 4.79 Å². The van der Waals surface area contributed by atoms with Gasteiger partial charge in [-0.1, -0.05) is 0 Å². The maximum Gasteiger partial charge on any atom is 0.162 e. The Hall–Kier alpha value is -0.970. The number of hydrogen-bond acceptors (Lipinski definition) is 2. The van der Waals surface area contributed by atoms with Crippen molar-refractivity contribution >= 4 is 27.4 Å². The molecule has 2 nitrogen and oxygen atoms in total. The van der Waals surface area contributed by atoms with Gasteiger partial charge in [-0.25, -0.2) is 8.78 Å². The van der Waals surface area contributed by atoms with Crippen molar-refractivity contribution in [3.05, 3.63) is 27.7 Å². The number of rotatable bonds is 1. The van der Waals surface area contributed by atoms with Crippen LogP contribution in [-0.4, -0.2) is 5.78 Å². The summed E-state index contributed by atoms with van der Waals surface area (Å²) in [6.07, 6.45) is 0. The van der Waals surface area contributed by atoms with Crippen LogP contribution in [0.4, 0.5) is 14.5 Å². The largest absolute Gasteiger partial charge is 0.395 e. The second-order valence-corrected chi connectivity index (χ2v) is 3.30. The van der Waals surface area contributed by atoms with Crippen LogP contribution in [0.5, 0.6) is 0 Å². The molecule has 5 heteroatoms. The molecule has 2 N–H and O–H groups in total. The number of anilines is 1. The summed E-state index contributed by atoms with van der Waals surface area (Å²) in [5.74, 6) is -2.18. The molecule has 0 spiro atoms. The number of halogens is 3. The molecule has 70 valence electrons. The van der Waals surface area contributed by atoms with Gasteiger partial charge in [0.05, 0.1) is 15.7 Å². The lowest BCUT2D eigenvalue weighted by molar-refractivity contribution is 0.101. The molecule has 0 heterocycles. The standard InChI is InChI=1S/C8H6BrF2NO/c1-3(13)4-2-5(10)8(12)6(9)7(4)11/h2H,12H2,1H3. The summed E-state index contributed by atoms with van der Waals surface area (Å²) in [5.41, 5.74) is 4.54. The molecule has 0 amide bonds. The van der Waals surface area contributed by atoms with Crippen molar-refractivity contribution in [2.45, 2.75) is 6.92 Å². The predicted octanol–water partition coefficient (Wildman–Crippen LogP) is 2.51. The number of hydrogen-bond donors (Lipinski definition) is 1. The average Bonchev–Trinajstić information content (AvgIpc) is 2.07. The SMILES string of the molecule is CC(=O)c1cc(F)c(N)c(Br)c1F. The topological polar surface area (TPSA) is 43.1 Å². The molecule has 0 aliphatic carbocycles. The molecule has 0 atom stereocenters. The maximum absolute atomic E-state index is 13.2. The minimum absolute atomic E-state index is 0.210. The van der Waals surface area contributed by atoms with Crippen LogP contribution < -0.4 is 5.73 Å². The number of nitrogen functional groups attached to an aromatic ring is 1. The molecule has 1 rings (SSSR count). The van der Waals surface area contributed by atoms with Gasteiger partial charge < -0.3 is 5.73 Å². The molecule has 1 aromatic carbocycles. The fourth-order valence-corrected chi connectivity index (χ4v) is 1.27. The summed E-state index contributed by atoms with van der Waals surface area (Å²) >= 11 is 2.76. The van der Waals surface area contributed by atoms with Crippen molar-refractivity contribution in [1.82, 2.24) is 0 Å². The lowest BCUT2D eigenvalue weighted by Gasteiger charge is -2.05. The van der Waals surface area contributed by atoms with E-state index in [-0.39, 0.29) is 15.7 Å². The van der Waals surface area contributed by atoms with Crippen molar-refractivity contribution < 1.29 is 13.6 Å². The van der Waals surface area contributed by atoms with Crippen molar-refractivity contribution in [1.29, 1.82) is 0 Å². The summed E-state index contributed by atoms with van der Waals surface area (Å²) < 4.78 is 25.9. The number of ketones is 1. The van der Waals surface area contributed by atoms with E-state index in [9.17, 15) is 13.6 Å². The minimum atomic E-state index is -0.827. The van der Waals surface area contributed by atoms with Crippen molar-refractivity contribution in [2.75, 3.05) is 5.73 Å². The van der Waals surface area contributed by atoms with E-state index in [1.54, 1.807) is 0 Å². The molecule has 0 unspecified atom stereocenters. The normalized spacial score (nSPS) is 10.2. The second kappa shape index (κ2) is 3.41. The summed E-state index contributed by atoms with van der Waals surface area (Å²) in [6, 6.07) is 0.789. The maximum atomic E-state index is 13.2. The molecule has 13 heavy (non-hydrogen) atoms. The van der Waals surface area contributed by atoms with Gasteiger partial charge in [0.2, 0.25) is 0 Å². The van der Waals surface area contributed by atoms with Gasteiger partial charge in [-0.05, 0) is 28.9 Å². The molecule has 0 aromatic heterocycles. The Morgan fingerprint density at radius 2 is 2.08 bits per heavy atom. The molecule has 0 saturated carbocycles. The fraction of sp³-hybridized carbons (Fsp3) is 0.125. The summed E-state index contributed by atoms with van der Waals surface area (Å²) in [4.78, 5) is 10.8. The highest BCUT2D eigenvalue weighted by atomic mass is 79.9. The van der Waals surface area contributed by atoms with E-state index in [0.29, 0.717) is 0 Å². The molecular weight excluding hydrogens is 244 g/mol. The smallest absolute Gasteiger partial charge is 0.162 e. The van der Waals surface area contributed by atoms with Crippen LogP contribution in [0.15, 0.2) is 10.5 Å². The Labute approximate surface area is 81.9 Å². The van der Waals surface area contributed by atoms with Gasteiger partial charge in [-0.15, -0.1) is 0 Å². The Morgan fingerprint density at radius 3 is 2.54 bits per heavy atom. The van der Waals surface area contributed by atoms with Gasteiger partial charge in [0, 0.05) is 0 Å². The number of carbonyl (C=O) groups excluding carboxylic acids is 1. The predicted molar refractivity (Wildman–Crippen MR) is 48.5 cm³/mol. The van der Waals surface area contributed by atoms with E-state index in [0.717, 1.165) is 13.0 Å². The zero-order valence-electron chi connectivity index (χ0n) is 6.70. The monoisotopic (exact) mass is 249 g/mol. The first-order valence-corrected chi connectivity index (χ1v) is 4.18. The summed E-state index contributed by atoms with van der Waals surface area (Å²) in [5, 5.41) is 0. The first-order chi connectivity index (χ1) is 5.95. The molecule has 0 aliphatic heterocycles. The van der Waals surface area contributed by atoms with E-state index in [2.05, 4.69) is 15.9 Å². The summed E-state index contributed by atoms with van der Waals surface area (Å²) in [6.45, 7) is 1.15. The molecular formula is C8H6BrF2NO. The average molecular weight is 250 g/mol. The van der Waals surface area contributed by atoms with Gasteiger partial charge in [0.15, 0.2) is 5.78 Å². The van der Waals surface area contributed by atoms with E-state index in [4.69, 9.17) is 5.73 Å². The lowest BCUT2D eigenvalue weighted by atomic mass is 10.1. The van der Waals surface area contributed by atoms with Crippen LogP contribution in [0.2, 0.25) is 0 Å². The first kappa shape index (κ1) is 10.1. The van der Waals surface area contributed by atoms with Gasteiger partial charge in [0.25, 0.3) is 0 Å². The zero-order valence-corrected chi connectivity index (χ0v) is 8.28. The van der Waals surface area contributed by atoms with Gasteiger partial charge in [-0.2, -0.15) is 0 Å². The lowest BCUT2D eigenvalue weighted by Crippen LogP contribution is -2.03. The summed E-state index contributed by atoms with van der Waals surface area (Å²) in [7, 11) is 0. The zero-order chi connectivity index (χ0) is 10.2. The molecule has 0 aliphatic rings. The highest BCUT2D eigenvalue weighted by Gasteiger charge is 2.16. The van der Waals surface area contributed by atoms with Crippen LogP contribution in [0.1, 0.15) is 17.3 Å². The number of nitrogens with two attached hydrogens (primary N) is 1. The molecule has 0 saturated heterocycles. The number of carbonyl (C=O) groups is 1. The molecule has 1 aromatic rings. The van der Waals surface area contributed by atoms with Crippen LogP contribution in [-0.2, 0) is 0 Å². The Morgan fingerprint density at radius 1 is 1.54 bits per heavy atom. The number of benzene rings is 1. The Bertz CT molecular complexity index is 379. The van der Waals surface area contributed by atoms with E-state index < -0.39 is 17.4 Å². The van der Waals surface area contributed by atoms with E-state index >= 15 is 0 Å². The fourth-order valence-electron chi connectivity index (χ4n) is 0.865. The third-order valence-electron chi connectivity index (χ3n) is 1.57. The Kier molecular flexibility index (Phi) is 2.66. The quantitative estimate of drug-likeness (QED) is 0.472. The third-order valence-corrected chi connectivity index (χ3v) is 2.35. The van der Waals surface area contributed by atoms with E-state index in [1.807, 2.05) is 0 Å². The first-order valence-electron chi connectivity index (χ1n) is 3.39. The van der Waals surface area contributed by atoms with Crippen LogP contribution in [0.25, 0.3) is 0 Å². The minimum Gasteiger partial charge on any atom is -0.395 e. The van der Waals surface area contributed by atoms with E-state index in [1.165, 1.54) is 0 Å². The second-order valence-electron chi connectivity index (χ2n) is 2.50. The highest BCUT2D eigenvalue weighted by molar-refractivity contribution is 9.10.